The standard InChI is InChI=1S/C16H21NO3/c1-18-10-9-17-11-15-14-6-4-3-5-13(14)7-8-16(15)20-12-19-2/h3-8,17H,9-12H2,1-2H3. The van der Waals surface area contributed by atoms with Gasteiger partial charge in [0, 0.05) is 32.9 Å². The lowest BCUT2D eigenvalue weighted by Gasteiger charge is -2.14. The van der Waals surface area contributed by atoms with Gasteiger partial charge in [0.1, 0.15) is 5.75 Å². The summed E-state index contributed by atoms with van der Waals surface area (Å²) >= 11 is 0. The first-order valence-corrected chi connectivity index (χ1v) is 6.69. The monoisotopic (exact) mass is 275 g/mol. The van der Waals surface area contributed by atoms with E-state index in [0.717, 1.165) is 24.4 Å². The molecule has 0 spiro atoms. The Bertz CT molecular complexity index is 542. The molecular weight excluding hydrogens is 254 g/mol. The lowest BCUT2D eigenvalue weighted by atomic mass is 10.0. The second-order valence-electron chi connectivity index (χ2n) is 4.48. The number of benzene rings is 2. The van der Waals surface area contributed by atoms with Gasteiger partial charge < -0.3 is 19.5 Å². The zero-order valence-electron chi connectivity index (χ0n) is 12.0. The van der Waals surface area contributed by atoms with Gasteiger partial charge in [-0.05, 0) is 16.8 Å². The van der Waals surface area contributed by atoms with E-state index in [2.05, 4.69) is 23.5 Å². The highest BCUT2D eigenvalue weighted by Crippen LogP contribution is 2.28. The van der Waals surface area contributed by atoms with Gasteiger partial charge in [-0.2, -0.15) is 0 Å². The molecule has 0 unspecified atom stereocenters. The predicted octanol–water partition coefficient (Wildman–Crippen LogP) is 2.56. The van der Waals surface area contributed by atoms with Gasteiger partial charge in [0.15, 0.2) is 6.79 Å². The highest BCUT2D eigenvalue weighted by molar-refractivity contribution is 5.87. The Morgan fingerprint density at radius 3 is 2.65 bits per heavy atom. The zero-order valence-corrected chi connectivity index (χ0v) is 12.0. The third-order valence-corrected chi connectivity index (χ3v) is 3.11. The molecule has 108 valence electrons. The molecule has 2 aromatic rings. The maximum absolute atomic E-state index is 5.66. The fourth-order valence-corrected chi connectivity index (χ4v) is 2.14. The molecule has 0 atom stereocenters. The van der Waals surface area contributed by atoms with Crippen molar-refractivity contribution < 1.29 is 14.2 Å². The fourth-order valence-electron chi connectivity index (χ4n) is 2.14. The van der Waals surface area contributed by atoms with Crippen LogP contribution in [0.3, 0.4) is 0 Å². The minimum atomic E-state index is 0.253. The SMILES string of the molecule is COCCNCc1c(OCOC)ccc2ccccc12. The van der Waals surface area contributed by atoms with Gasteiger partial charge >= 0.3 is 0 Å². The average Bonchev–Trinajstić information content (AvgIpc) is 2.50. The molecule has 0 aliphatic carbocycles. The van der Waals surface area contributed by atoms with Crippen molar-refractivity contribution in [2.75, 3.05) is 34.2 Å². The average molecular weight is 275 g/mol. The molecule has 0 aliphatic heterocycles. The van der Waals surface area contributed by atoms with E-state index < -0.39 is 0 Å². The van der Waals surface area contributed by atoms with Crippen LogP contribution in [0.25, 0.3) is 10.8 Å². The number of fused-ring (bicyclic) bond motifs is 1. The molecule has 0 heterocycles. The zero-order chi connectivity index (χ0) is 14.2. The number of ether oxygens (including phenoxy) is 3. The lowest BCUT2D eigenvalue weighted by molar-refractivity contribution is 0.0504. The molecular formula is C16H21NO3. The van der Waals surface area contributed by atoms with Gasteiger partial charge in [0.25, 0.3) is 0 Å². The van der Waals surface area contributed by atoms with Gasteiger partial charge in [-0.15, -0.1) is 0 Å². The number of rotatable bonds is 8. The van der Waals surface area contributed by atoms with Crippen LogP contribution in [-0.4, -0.2) is 34.2 Å². The molecule has 4 nitrogen and oxygen atoms in total. The van der Waals surface area contributed by atoms with Crippen molar-refractivity contribution in [1.82, 2.24) is 5.32 Å². The van der Waals surface area contributed by atoms with Gasteiger partial charge in [0.05, 0.1) is 6.61 Å². The molecule has 20 heavy (non-hydrogen) atoms. The second-order valence-corrected chi connectivity index (χ2v) is 4.48. The Hall–Kier alpha value is -1.62. The van der Waals surface area contributed by atoms with Crippen LogP contribution in [0.1, 0.15) is 5.56 Å². The molecule has 0 aliphatic rings. The van der Waals surface area contributed by atoms with Crippen LogP contribution in [-0.2, 0) is 16.0 Å². The number of hydrogen-bond donors (Lipinski definition) is 1. The highest BCUT2D eigenvalue weighted by Gasteiger charge is 2.08. The quantitative estimate of drug-likeness (QED) is 0.593. The van der Waals surface area contributed by atoms with E-state index in [1.807, 2.05) is 18.2 Å². The molecule has 0 radical (unpaired) electrons. The first-order valence-electron chi connectivity index (χ1n) is 6.69. The largest absolute Gasteiger partial charge is 0.467 e. The molecule has 2 rings (SSSR count). The van der Waals surface area contributed by atoms with Crippen LogP contribution in [0.15, 0.2) is 36.4 Å². The van der Waals surface area contributed by atoms with Crippen LogP contribution < -0.4 is 10.1 Å². The first-order chi connectivity index (χ1) is 9.86. The minimum absolute atomic E-state index is 0.253. The van der Waals surface area contributed by atoms with Crippen LogP contribution in [0, 0.1) is 0 Å². The first kappa shape index (κ1) is 14.8. The summed E-state index contributed by atoms with van der Waals surface area (Å²) in [5, 5.41) is 5.77. The van der Waals surface area contributed by atoms with E-state index in [4.69, 9.17) is 14.2 Å². The van der Waals surface area contributed by atoms with Crippen LogP contribution in [0.4, 0.5) is 0 Å². The van der Waals surface area contributed by atoms with Gasteiger partial charge in [0.2, 0.25) is 0 Å². The van der Waals surface area contributed by atoms with Gasteiger partial charge in [-0.3, -0.25) is 0 Å². The number of nitrogens with one attached hydrogen (secondary N) is 1. The van der Waals surface area contributed by atoms with Crippen molar-refractivity contribution in [2.24, 2.45) is 0 Å². The summed E-state index contributed by atoms with van der Waals surface area (Å²) in [5.74, 6) is 0.857. The third-order valence-electron chi connectivity index (χ3n) is 3.11. The minimum Gasteiger partial charge on any atom is -0.467 e. The molecule has 0 bridgehead atoms. The molecule has 0 aromatic heterocycles. The van der Waals surface area contributed by atoms with Gasteiger partial charge in [-0.1, -0.05) is 30.3 Å². The summed E-state index contributed by atoms with van der Waals surface area (Å²) in [6, 6.07) is 12.4. The maximum Gasteiger partial charge on any atom is 0.188 e. The van der Waals surface area contributed by atoms with Crippen LogP contribution in [0.5, 0.6) is 5.75 Å². The van der Waals surface area contributed by atoms with E-state index >= 15 is 0 Å². The highest BCUT2D eigenvalue weighted by atomic mass is 16.7. The Kier molecular flexibility index (Phi) is 5.80. The predicted molar refractivity (Wildman–Crippen MR) is 80.0 cm³/mol. The number of hydrogen-bond acceptors (Lipinski definition) is 4. The van der Waals surface area contributed by atoms with E-state index in [-0.39, 0.29) is 6.79 Å². The summed E-state index contributed by atoms with van der Waals surface area (Å²) in [6.07, 6.45) is 0. The summed E-state index contributed by atoms with van der Waals surface area (Å²) in [4.78, 5) is 0. The van der Waals surface area contributed by atoms with E-state index in [1.165, 1.54) is 10.8 Å². The van der Waals surface area contributed by atoms with Crippen LogP contribution in [0.2, 0.25) is 0 Å². The Morgan fingerprint density at radius 1 is 1.00 bits per heavy atom. The summed E-state index contributed by atoms with van der Waals surface area (Å²) in [6.45, 7) is 2.50. The summed E-state index contributed by atoms with van der Waals surface area (Å²) in [7, 11) is 3.32. The molecule has 0 fully saturated rings. The maximum atomic E-state index is 5.66. The van der Waals surface area contributed by atoms with Crippen molar-refractivity contribution in [2.45, 2.75) is 6.54 Å². The number of methoxy groups -OCH3 is 2. The normalized spacial score (nSPS) is 10.9. The van der Waals surface area contributed by atoms with Crippen molar-refractivity contribution in [3.05, 3.63) is 42.0 Å². The van der Waals surface area contributed by atoms with Crippen molar-refractivity contribution in [3.63, 3.8) is 0 Å². The van der Waals surface area contributed by atoms with Crippen LogP contribution >= 0.6 is 0 Å². The lowest BCUT2D eigenvalue weighted by Crippen LogP contribution is -2.19. The Balaban J connectivity index is 2.24. The topological polar surface area (TPSA) is 39.7 Å². The molecule has 4 heteroatoms. The molecule has 0 saturated heterocycles. The second kappa shape index (κ2) is 7.85. The van der Waals surface area contributed by atoms with Crippen molar-refractivity contribution >= 4 is 10.8 Å². The van der Waals surface area contributed by atoms with E-state index in [9.17, 15) is 0 Å². The third kappa shape index (κ3) is 3.70. The molecule has 2 aromatic carbocycles. The van der Waals surface area contributed by atoms with Crippen molar-refractivity contribution in [3.8, 4) is 5.75 Å². The molecule has 0 saturated carbocycles. The van der Waals surface area contributed by atoms with Gasteiger partial charge in [-0.25, -0.2) is 0 Å². The summed E-state index contributed by atoms with van der Waals surface area (Å²) in [5.41, 5.74) is 1.15. The van der Waals surface area contributed by atoms with E-state index in [0.29, 0.717) is 6.61 Å². The van der Waals surface area contributed by atoms with E-state index in [1.54, 1.807) is 14.2 Å². The summed E-state index contributed by atoms with van der Waals surface area (Å²) < 4.78 is 15.7. The smallest absolute Gasteiger partial charge is 0.188 e. The Morgan fingerprint density at radius 2 is 1.85 bits per heavy atom. The molecule has 1 N–H and O–H groups in total. The van der Waals surface area contributed by atoms with Crippen molar-refractivity contribution in [1.29, 1.82) is 0 Å². The fraction of sp³-hybridized carbons (Fsp3) is 0.375. The molecule has 0 amide bonds. The Labute approximate surface area is 119 Å².